The van der Waals surface area contributed by atoms with Crippen molar-refractivity contribution in [1.82, 2.24) is 24.4 Å². The van der Waals surface area contributed by atoms with Crippen molar-refractivity contribution in [3.8, 4) is 5.88 Å². The fraction of sp³-hybridized carbons (Fsp3) is 0.500. The van der Waals surface area contributed by atoms with E-state index in [0.29, 0.717) is 31.3 Å². The van der Waals surface area contributed by atoms with Crippen LogP contribution in [-0.4, -0.2) is 50.5 Å². The van der Waals surface area contributed by atoms with Crippen LogP contribution >= 0.6 is 0 Å². The minimum Gasteiger partial charge on any atom is -0.477 e. The number of likely N-dealkylation sites (tertiary alicyclic amines) is 1. The molecule has 2 aromatic rings. The van der Waals surface area contributed by atoms with E-state index in [0.717, 1.165) is 5.82 Å². The molecule has 0 aliphatic carbocycles. The summed E-state index contributed by atoms with van der Waals surface area (Å²) in [7, 11) is 3.78. The number of aromatic nitrogens is 4. The Kier molecular flexibility index (Phi) is 4.64. The largest absolute Gasteiger partial charge is 0.477 e. The second-order valence-electron chi connectivity index (χ2n) is 5.87. The molecule has 0 spiro atoms. The fourth-order valence-corrected chi connectivity index (χ4v) is 3.07. The van der Waals surface area contributed by atoms with E-state index in [4.69, 9.17) is 4.74 Å². The lowest BCUT2D eigenvalue weighted by Gasteiger charge is -2.24. The second-order valence-corrected chi connectivity index (χ2v) is 5.87. The Hall–Kier alpha value is -2.64. The Labute approximate surface area is 140 Å². The number of carbonyl (C=O) groups is 1. The highest BCUT2D eigenvalue weighted by Crippen LogP contribution is 2.36. The van der Waals surface area contributed by atoms with Crippen LogP contribution in [0.15, 0.2) is 24.8 Å². The monoisotopic (exact) mass is 330 g/mol. The number of amides is 1. The van der Waals surface area contributed by atoms with Gasteiger partial charge in [-0.2, -0.15) is 4.98 Å². The molecule has 1 N–H and O–H groups in total. The maximum atomic E-state index is 12.2. The molecule has 2 atom stereocenters. The predicted octanol–water partition coefficient (Wildman–Crippen LogP) is 1.24. The zero-order chi connectivity index (χ0) is 17.1. The molecular formula is C16H22N6O2. The van der Waals surface area contributed by atoms with Crippen LogP contribution in [0.2, 0.25) is 0 Å². The number of ether oxygens (including phenoxy) is 1. The van der Waals surface area contributed by atoms with Crippen molar-refractivity contribution in [3.05, 3.63) is 30.6 Å². The van der Waals surface area contributed by atoms with Gasteiger partial charge in [-0.05, 0) is 6.92 Å². The van der Waals surface area contributed by atoms with E-state index in [1.54, 1.807) is 23.5 Å². The van der Waals surface area contributed by atoms with Gasteiger partial charge in [0.05, 0.1) is 25.0 Å². The number of imidazole rings is 1. The van der Waals surface area contributed by atoms with E-state index >= 15 is 0 Å². The second kappa shape index (κ2) is 6.86. The van der Waals surface area contributed by atoms with Gasteiger partial charge in [-0.25, -0.2) is 4.98 Å². The molecule has 0 radical (unpaired) electrons. The van der Waals surface area contributed by atoms with Gasteiger partial charge in [0.25, 0.3) is 0 Å². The van der Waals surface area contributed by atoms with E-state index < -0.39 is 0 Å². The minimum atomic E-state index is -0.0481. The molecule has 3 heterocycles. The molecule has 1 aliphatic heterocycles. The van der Waals surface area contributed by atoms with Crippen LogP contribution < -0.4 is 10.1 Å². The number of nitrogens with zero attached hydrogens (tertiary/aromatic N) is 5. The van der Waals surface area contributed by atoms with Crippen molar-refractivity contribution in [1.29, 1.82) is 0 Å². The van der Waals surface area contributed by atoms with Gasteiger partial charge in [0.15, 0.2) is 0 Å². The molecule has 2 aromatic heterocycles. The van der Waals surface area contributed by atoms with Crippen LogP contribution in [0.3, 0.4) is 0 Å². The molecule has 1 aliphatic rings. The van der Waals surface area contributed by atoms with Gasteiger partial charge >= 0.3 is 0 Å². The quantitative estimate of drug-likeness (QED) is 0.858. The molecule has 3 rings (SSSR count). The number of aryl methyl sites for hydroxylation is 1. The number of carbonyl (C=O) groups excluding carboxylic acids is 1. The van der Waals surface area contributed by atoms with E-state index in [-0.39, 0.29) is 17.9 Å². The van der Waals surface area contributed by atoms with E-state index in [1.807, 2.05) is 31.8 Å². The first-order valence-electron chi connectivity index (χ1n) is 8.01. The number of nitrogens with one attached hydrogen (secondary N) is 1. The summed E-state index contributed by atoms with van der Waals surface area (Å²) in [6, 6.07) is -0.0481. The molecule has 0 bridgehead atoms. The molecular weight excluding hydrogens is 308 g/mol. The van der Waals surface area contributed by atoms with Gasteiger partial charge in [-0.1, -0.05) is 0 Å². The number of rotatable bonds is 6. The van der Waals surface area contributed by atoms with Crippen molar-refractivity contribution in [3.63, 3.8) is 0 Å². The minimum absolute atomic E-state index is 0.0481. The SMILES string of the molecule is CCOc1cncc(NC[C@@H]2CC(=O)N(C)[C@H]2c2nccn2C)n1. The Balaban J connectivity index is 1.72. The van der Waals surface area contributed by atoms with Gasteiger partial charge in [0.1, 0.15) is 11.6 Å². The zero-order valence-electron chi connectivity index (χ0n) is 14.1. The maximum Gasteiger partial charge on any atom is 0.234 e. The third-order valence-electron chi connectivity index (χ3n) is 4.27. The third kappa shape index (κ3) is 3.17. The summed E-state index contributed by atoms with van der Waals surface area (Å²) in [5.41, 5.74) is 0. The number of hydrogen-bond donors (Lipinski definition) is 1. The maximum absolute atomic E-state index is 12.2. The Bertz CT molecular complexity index is 716. The Morgan fingerprint density at radius 2 is 2.21 bits per heavy atom. The molecule has 128 valence electrons. The normalized spacial score (nSPS) is 20.5. The lowest BCUT2D eigenvalue weighted by atomic mass is 9.99. The summed E-state index contributed by atoms with van der Waals surface area (Å²) in [5, 5.41) is 3.27. The molecule has 1 amide bonds. The van der Waals surface area contributed by atoms with Gasteiger partial charge in [0.2, 0.25) is 11.8 Å². The lowest BCUT2D eigenvalue weighted by molar-refractivity contribution is -0.127. The first-order valence-corrected chi connectivity index (χ1v) is 8.01. The fourth-order valence-electron chi connectivity index (χ4n) is 3.07. The van der Waals surface area contributed by atoms with Gasteiger partial charge in [-0.15, -0.1) is 0 Å². The molecule has 1 fully saturated rings. The highest BCUT2D eigenvalue weighted by molar-refractivity contribution is 5.79. The summed E-state index contributed by atoms with van der Waals surface area (Å²) in [6.45, 7) is 3.05. The topological polar surface area (TPSA) is 85.2 Å². The number of hydrogen-bond acceptors (Lipinski definition) is 6. The van der Waals surface area contributed by atoms with E-state index in [9.17, 15) is 4.79 Å². The van der Waals surface area contributed by atoms with E-state index in [1.165, 1.54) is 0 Å². The van der Waals surface area contributed by atoms with Crippen molar-refractivity contribution in [2.24, 2.45) is 13.0 Å². The summed E-state index contributed by atoms with van der Waals surface area (Å²) < 4.78 is 7.32. The van der Waals surface area contributed by atoms with Crippen molar-refractivity contribution >= 4 is 11.7 Å². The molecule has 1 saturated heterocycles. The standard InChI is InChI=1S/C16H22N6O2/c1-4-24-13-10-17-9-12(20-13)19-8-11-7-14(23)22(3)15(11)16-18-5-6-21(16)2/h5-6,9-11,15H,4,7-8H2,1-3H3,(H,19,20)/t11-,15+/m0/s1. The zero-order valence-corrected chi connectivity index (χ0v) is 14.1. The van der Waals surface area contributed by atoms with Gasteiger partial charge in [0, 0.05) is 45.4 Å². The molecule has 0 unspecified atom stereocenters. The number of anilines is 1. The Morgan fingerprint density at radius 1 is 1.38 bits per heavy atom. The average Bonchev–Trinajstić information content (AvgIpc) is 3.10. The average molecular weight is 330 g/mol. The van der Waals surface area contributed by atoms with E-state index in [2.05, 4.69) is 20.3 Å². The molecule has 24 heavy (non-hydrogen) atoms. The van der Waals surface area contributed by atoms with Crippen LogP contribution in [0.4, 0.5) is 5.82 Å². The third-order valence-corrected chi connectivity index (χ3v) is 4.27. The van der Waals surface area contributed by atoms with Crippen molar-refractivity contribution in [2.75, 3.05) is 25.5 Å². The van der Waals surface area contributed by atoms with Crippen LogP contribution in [0.25, 0.3) is 0 Å². The van der Waals surface area contributed by atoms with Crippen LogP contribution in [0.1, 0.15) is 25.2 Å². The molecule has 0 aromatic carbocycles. The molecule has 0 saturated carbocycles. The predicted molar refractivity (Wildman–Crippen MR) is 88.5 cm³/mol. The van der Waals surface area contributed by atoms with Crippen molar-refractivity contribution in [2.45, 2.75) is 19.4 Å². The highest BCUT2D eigenvalue weighted by atomic mass is 16.5. The lowest BCUT2D eigenvalue weighted by Crippen LogP contribution is -2.28. The van der Waals surface area contributed by atoms with Crippen LogP contribution in [0.5, 0.6) is 5.88 Å². The van der Waals surface area contributed by atoms with Crippen molar-refractivity contribution < 1.29 is 9.53 Å². The summed E-state index contributed by atoms with van der Waals surface area (Å²) in [4.78, 5) is 26.8. The Morgan fingerprint density at radius 3 is 2.92 bits per heavy atom. The van der Waals surface area contributed by atoms with Gasteiger partial charge < -0.3 is 19.5 Å². The first-order chi connectivity index (χ1) is 11.6. The highest BCUT2D eigenvalue weighted by Gasteiger charge is 2.40. The van der Waals surface area contributed by atoms with Gasteiger partial charge in [-0.3, -0.25) is 9.78 Å². The molecule has 8 nitrogen and oxygen atoms in total. The first kappa shape index (κ1) is 16.2. The summed E-state index contributed by atoms with van der Waals surface area (Å²) in [6.07, 6.45) is 7.37. The summed E-state index contributed by atoms with van der Waals surface area (Å²) in [5.74, 6) is 2.26. The summed E-state index contributed by atoms with van der Waals surface area (Å²) >= 11 is 0. The van der Waals surface area contributed by atoms with Crippen LogP contribution in [0, 0.1) is 5.92 Å². The molecule has 8 heteroatoms. The smallest absolute Gasteiger partial charge is 0.234 e. The van der Waals surface area contributed by atoms with Crippen LogP contribution in [-0.2, 0) is 11.8 Å².